The molecule has 0 radical (unpaired) electrons. The van der Waals surface area contributed by atoms with Gasteiger partial charge in [-0.25, -0.2) is 19.9 Å². The Balaban J connectivity index is 1.16. The van der Waals surface area contributed by atoms with Crippen LogP contribution in [0.25, 0.3) is 103 Å². The van der Waals surface area contributed by atoms with Crippen LogP contribution in [0.4, 0.5) is 0 Å². The van der Waals surface area contributed by atoms with Gasteiger partial charge in [0.2, 0.25) is 0 Å². The van der Waals surface area contributed by atoms with E-state index in [1.807, 2.05) is 18.2 Å². The second kappa shape index (κ2) is 12.0. The standard InChI is InChI=1S/C46H27N5S2/c1-3-14-28(15-4-1)43-48-44(33-21-13-27-39-40(33)32-18-7-10-26-38(32)52-39)50-45(49-43)34-22-11-19-30-31-20-12-23-35(42(31)53-41(30)34)46-47-36-24-8-9-25-37(36)51(46)29-16-5-2-6-17-29/h1-27H. The lowest BCUT2D eigenvalue weighted by molar-refractivity contribution is 1.08. The van der Waals surface area contributed by atoms with Crippen LogP contribution in [0.5, 0.6) is 0 Å². The Morgan fingerprint density at radius 2 is 0.981 bits per heavy atom. The molecule has 248 valence electrons. The summed E-state index contributed by atoms with van der Waals surface area (Å²) in [5.41, 5.74) is 7.14. The molecule has 0 amide bonds. The lowest BCUT2D eigenvalue weighted by atomic mass is 10.0. The molecule has 0 fully saturated rings. The molecule has 53 heavy (non-hydrogen) atoms. The van der Waals surface area contributed by atoms with E-state index in [0.29, 0.717) is 17.5 Å². The molecule has 0 aliphatic rings. The van der Waals surface area contributed by atoms with E-state index in [4.69, 9.17) is 19.9 Å². The monoisotopic (exact) mass is 713 g/mol. The Labute approximate surface area is 312 Å². The van der Waals surface area contributed by atoms with Crippen molar-refractivity contribution in [3.05, 3.63) is 164 Å². The largest absolute Gasteiger partial charge is 0.292 e. The molecule has 7 heteroatoms. The van der Waals surface area contributed by atoms with E-state index in [2.05, 4.69) is 150 Å². The highest BCUT2D eigenvalue weighted by atomic mass is 32.1. The number of rotatable bonds is 5. The molecule has 11 aromatic rings. The van der Waals surface area contributed by atoms with Gasteiger partial charge in [-0.3, -0.25) is 4.57 Å². The lowest BCUT2D eigenvalue weighted by Crippen LogP contribution is -2.00. The average Bonchev–Trinajstić information content (AvgIpc) is 3.93. The van der Waals surface area contributed by atoms with Gasteiger partial charge in [-0.2, -0.15) is 0 Å². The predicted octanol–water partition coefficient (Wildman–Crippen LogP) is 12.6. The molecule has 7 aromatic carbocycles. The van der Waals surface area contributed by atoms with Crippen molar-refractivity contribution in [2.75, 3.05) is 0 Å². The van der Waals surface area contributed by atoms with Gasteiger partial charge in [-0.15, -0.1) is 22.7 Å². The molecule has 0 spiro atoms. The van der Waals surface area contributed by atoms with Gasteiger partial charge < -0.3 is 0 Å². The van der Waals surface area contributed by atoms with E-state index in [1.54, 1.807) is 22.7 Å². The Kier molecular flexibility index (Phi) is 6.83. The molecule has 0 saturated carbocycles. The van der Waals surface area contributed by atoms with Crippen LogP contribution >= 0.6 is 22.7 Å². The predicted molar refractivity (Wildman–Crippen MR) is 222 cm³/mol. The molecule has 0 bridgehead atoms. The van der Waals surface area contributed by atoms with E-state index in [1.165, 1.54) is 35.6 Å². The minimum atomic E-state index is 0.650. The van der Waals surface area contributed by atoms with Gasteiger partial charge in [-0.1, -0.05) is 115 Å². The van der Waals surface area contributed by atoms with Gasteiger partial charge >= 0.3 is 0 Å². The summed E-state index contributed by atoms with van der Waals surface area (Å²) < 4.78 is 7.04. The summed E-state index contributed by atoms with van der Waals surface area (Å²) in [6.07, 6.45) is 0. The fourth-order valence-corrected chi connectivity index (χ4v) is 9.96. The molecular weight excluding hydrogens is 687 g/mol. The molecule has 0 unspecified atom stereocenters. The number of nitrogens with zero attached hydrogens (tertiary/aromatic N) is 5. The molecule has 0 saturated heterocycles. The normalized spacial score (nSPS) is 11.8. The molecule has 0 aliphatic heterocycles. The summed E-state index contributed by atoms with van der Waals surface area (Å²) in [6, 6.07) is 57.1. The highest BCUT2D eigenvalue weighted by molar-refractivity contribution is 7.27. The summed E-state index contributed by atoms with van der Waals surface area (Å²) >= 11 is 3.58. The maximum atomic E-state index is 5.29. The number of hydrogen-bond acceptors (Lipinski definition) is 6. The number of para-hydroxylation sites is 3. The van der Waals surface area contributed by atoms with Crippen LogP contribution in [0.15, 0.2) is 164 Å². The minimum Gasteiger partial charge on any atom is -0.292 e. The second-order valence-electron chi connectivity index (χ2n) is 13.0. The van der Waals surface area contributed by atoms with E-state index in [-0.39, 0.29) is 0 Å². The summed E-state index contributed by atoms with van der Waals surface area (Å²) in [4.78, 5) is 20.9. The third-order valence-electron chi connectivity index (χ3n) is 9.89. The van der Waals surface area contributed by atoms with Crippen LogP contribution in [0, 0.1) is 0 Å². The van der Waals surface area contributed by atoms with Crippen LogP contribution in [0.2, 0.25) is 0 Å². The number of benzene rings is 7. The first-order valence-electron chi connectivity index (χ1n) is 17.5. The number of thiophene rings is 2. The van der Waals surface area contributed by atoms with Gasteiger partial charge in [0.1, 0.15) is 5.82 Å². The molecule has 0 atom stereocenters. The Bertz CT molecular complexity index is 3180. The van der Waals surface area contributed by atoms with Crippen LogP contribution in [-0.4, -0.2) is 24.5 Å². The molecule has 0 N–H and O–H groups in total. The van der Waals surface area contributed by atoms with E-state index in [9.17, 15) is 0 Å². The molecule has 11 rings (SSSR count). The van der Waals surface area contributed by atoms with Gasteiger partial charge in [0.25, 0.3) is 0 Å². The van der Waals surface area contributed by atoms with E-state index >= 15 is 0 Å². The van der Waals surface area contributed by atoms with Gasteiger partial charge in [0, 0.05) is 68.3 Å². The van der Waals surface area contributed by atoms with Crippen molar-refractivity contribution in [3.8, 4) is 51.2 Å². The number of aromatic nitrogens is 5. The molecular formula is C46H27N5S2. The molecule has 5 nitrogen and oxygen atoms in total. The molecule has 4 heterocycles. The topological polar surface area (TPSA) is 56.5 Å². The zero-order valence-corrected chi connectivity index (χ0v) is 29.8. The van der Waals surface area contributed by atoms with Crippen LogP contribution in [0.3, 0.4) is 0 Å². The van der Waals surface area contributed by atoms with Gasteiger partial charge in [0.15, 0.2) is 17.5 Å². The number of fused-ring (bicyclic) bond motifs is 7. The summed E-state index contributed by atoms with van der Waals surface area (Å²) in [5, 5.41) is 4.74. The van der Waals surface area contributed by atoms with Crippen molar-refractivity contribution in [2.45, 2.75) is 0 Å². The molecule has 0 aliphatic carbocycles. The van der Waals surface area contributed by atoms with E-state index in [0.717, 1.165) is 49.5 Å². The number of imidazole rings is 1. The van der Waals surface area contributed by atoms with Crippen LogP contribution in [-0.2, 0) is 0 Å². The third kappa shape index (κ3) is 4.82. The number of hydrogen-bond donors (Lipinski definition) is 0. The van der Waals surface area contributed by atoms with Crippen molar-refractivity contribution in [3.63, 3.8) is 0 Å². The zero-order valence-electron chi connectivity index (χ0n) is 28.1. The first-order chi connectivity index (χ1) is 26.3. The summed E-state index contributed by atoms with van der Waals surface area (Å²) in [7, 11) is 0. The quantitative estimate of drug-likeness (QED) is 0.178. The highest BCUT2D eigenvalue weighted by Gasteiger charge is 2.22. The summed E-state index contributed by atoms with van der Waals surface area (Å²) in [6.45, 7) is 0. The first-order valence-corrected chi connectivity index (χ1v) is 19.1. The van der Waals surface area contributed by atoms with Gasteiger partial charge in [-0.05, 0) is 48.5 Å². The van der Waals surface area contributed by atoms with Crippen molar-refractivity contribution < 1.29 is 0 Å². The first kappa shape index (κ1) is 30.1. The Morgan fingerprint density at radius 1 is 0.396 bits per heavy atom. The minimum absolute atomic E-state index is 0.650. The van der Waals surface area contributed by atoms with Crippen LogP contribution < -0.4 is 0 Å². The average molecular weight is 714 g/mol. The third-order valence-corrected chi connectivity index (χ3v) is 12.3. The van der Waals surface area contributed by atoms with Crippen molar-refractivity contribution in [1.29, 1.82) is 0 Å². The van der Waals surface area contributed by atoms with Crippen molar-refractivity contribution in [1.82, 2.24) is 24.5 Å². The van der Waals surface area contributed by atoms with Crippen LogP contribution in [0.1, 0.15) is 0 Å². The van der Waals surface area contributed by atoms with Gasteiger partial charge in [0.05, 0.1) is 11.0 Å². The highest BCUT2D eigenvalue weighted by Crippen LogP contribution is 2.45. The smallest absolute Gasteiger partial charge is 0.165 e. The Morgan fingerprint density at radius 3 is 1.81 bits per heavy atom. The maximum Gasteiger partial charge on any atom is 0.165 e. The fourth-order valence-electron chi connectivity index (χ4n) is 7.51. The van der Waals surface area contributed by atoms with Crippen molar-refractivity contribution in [2.24, 2.45) is 0 Å². The zero-order chi connectivity index (χ0) is 34.9. The van der Waals surface area contributed by atoms with Crippen molar-refractivity contribution >= 4 is 74.1 Å². The lowest BCUT2D eigenvalue weighted by Gasteiger charge is -2.10. The fraction of sp³-hybridized carbons (Fsp3) is 0. The SMILES string of the molecule is c1ccc(-c2nc(-c3cccc4c3sc3c(-c5nc6ccccc6n5-c5ccccc5)cccc34)nc(-c3cccc4sc5ccccc5c34)n2)cc1. The maximum absolute atomic E-state index is 5.29. The second-order valence-corrected chi connectivity index (χ2v) is 15.1. The summed E-state index contributed by atoms with van der Waals surface area (Å²) in [5.74, 6) is 2.89. The van der Waals surface area contributed by atoms with E-state index < -0.39 is 0 Å². The molecule has 4 aromatic heterocycles. The Hall–Kier alpha value is -6.54.